The van der Waals surface area contributed by atoms with Gasteiger partial charge in [0.15, 0.2) is 0 Å². The quantitative estimate of drug-likeness (QED) is 0.602. The predicted molar refractivity (Wildman–Crippen MR) is 70.0 cm³/mol. The minimum atomic E-state index is -0.499. The van der Waals surface area contributed by atoms with E-state index < -0.39 is 6.10 Å². The van der Waals surface area contributed by atoms with Crippen molar-refractivity contribution in [3.8, 4) is 0 Å². The molecule has 0 saturated carbocycles. The van der Waals surface area contributed by atoms with Gasteiger partial charge < -0.3 is 20.3 Å². The first-order chi connectivity index (χ1) is 7.77. The van der Waals surface area contributed by atoms with Crippen molar-refractivity contribution in [2.24, 2.45) is 5.41 Å². The highest BCUT2D eigenvalue weighted by molar-refractivity contribution is 4.81. The molecule has 0 radical (unpaired) electrons. The number of aliphatic hydroxyl groups is 2. The van der Waals surface area contributed by atoms with Crippen molar-refractivity contribution in [3.63, 3.8) is 0 Å². The molecule has 2 atom stereocenters. The first kappa shape index (κ1) is 16.8. The van der Waals surface area contributed by atoms with Gasteiger partial charge in [0.1, 0.15) is 0 Å². The summed E-state index contributed by atoms with van der Waals surface area (Å²) in [4.78, 5) is 0. The Kier molecular flexibility index (Phi) is 7.96. The lowest BCUT2D eigenvalue weighted by Gasteiger charge is -2.32. The number of hydrogen-bond donors (Lipinski definition) is 3. The van der Waals surface area contributed by atoms with Crippen LogP contribution in [0.4, 0.5) is 0 Å². The van der Waals surface area contributed by atoms with E-state index >= 15 is 0 Å². The minimum Gasteiger partial charge on any atom is -0.396 e. The number of rotatable bonds is 8. The van der Waals surface area contributed by atoms with E-state index in [1.807, 2.05) is 13.8 Å². The molecule has 17 heavy (non-hydrogen) atoms. The molecular formula is C13H29NO3. The highest BCUT2D eigenvalue weighted by atomic mass is 16.5. The van der Waals surface area contributed by atoms with Crippen molar-refractivity contribution in [2.75, 3.05) is 19.8 Å². The van der Waals surface area contributed by atoms with E-state index in [0.29, 0.717) is 19.6 Å². The van der Waals surface area contributed by atoms with Crippen LogP contribution in [-0.2, 0) is 4.74 Å². The van der Waals surface area contributed by atoms with E-state index in [-0.39, 0.29) is 24.2 Å². The third-order valence-corrected chi connectivity index (χ3v) is 2.68. The second-order valence-corrected chi connectivity index (χ2v) is 5.88. The summed E-state index contributed by atoms with van der Waals surface area (Å²) in [5.41, 5.74) is 0.0708. The van der Waals surface area contributed by atoms with Gasteiger partial charge in [0, 0.05) is 19.2 Å². The van der Waals surface area contributed by atoms with Gasteiger partial charge in [0.05, 0.1) is 18.8 Å². The molecule has 3 N–H and O–H groups in total. The molecule has 0 amide bonds. The Morgan fingerprint density at radius 3 is 2.24 bits per heavy atom. The summed E-state index contributed by atoms with van der Waals surface area (Å²) in [6, 6.07) is 0.196. The van der Waals surface area contributed by atoms with Crippen molar-refractivity contribution < 1.29 is 14.9 Å². The molecule has 104 valence electrons. The van der Waals surface area contributed by atoms with Crippen molar-refractivity contribution in [1.82, 2.24) is 5.32 Å². The lowest BCUT2D eigenvalue weighted by molar-refractivity contribution is 0.00346. The molecule has 0 aliphatic rings. The van der Waals surface area contributed by atoms with Gasteiger partial charge in [-0.2, -0.15) is 0 Å². The molecule has 0 aromatic carbocycles. The zero-order chi connectivity index (χ0) is 13.5. The molecule has 4 nitrogen and oxygen atoms in total. The standard InChI is InChI=1S/C13H29NO3/c1-10(2)17-9-11(16)8-14-12(6-7-15)13(3,4)5/h10-12,14-16H,6-9H2,1-5H3. The molecule has 0 rings (SSSR count). The molecule has 0 aliphatic heterocycles. The van der Waals surface area contributed by atoms with Crippen LogP contribution in [0, 0.1) is 5.41 Å². The molecule has 4 heteroatoms. The van der Waals surface area contributed by atoms with Crippen LogP contribution in [-0.4, -0.2) is 48.2 Å². The van der Waals surface area contributed by atoms with Gasteiger partial charge in [0.25, 0.3) is 0 Å². The monoisotopic (exact) mass is 247 g/mol. The van der Waals surface area contributed by atoms with Gasteiger partial charge >= 0.3 is 0 Å². The Balaban J connectivity index is 3.95. The number of aliphatic hydroxyl groups excluding tert-OH is 2. The van der Waals surface area contributed by atoms with Gasteiger partial charge in [-0.15, -0.1) is 0 Å². The second-order valence-electron chi connectivity index (χ2n) is 5.88. The fourth-order valence-corrected chi connectivity index (χ4v) is 1.61. The Hall–Kier alpha value is -0.160. The Labute approximate surface area is 105 Å². The normalized spacial score (nSPS) is 16.2. The largest absolute Gasteiger partial charge is 0.396 e. The van der Waals surface area contributed by atoms with Gasteiger partial charge in [-0.1, -0.05) is 20.8 Å². The van der Waals surface area contributed by atoms with Crippen LogP contribution in [0.25, 0.3) is 0 Å². The third-order valence-electron chi connectivity index (χ3n) is 2.68. The molecule has 0 spiro atoms. The first-order valence-corrected chi connectivity index (χ1v) is 6.41. The fourth-order valence-electron chi connectivity index (χ4n) is 1.61. The smallest absolute Gasteiger partial charge is 0.0897 e. The zero-order valence-electron chi connectivity index (χ0n) is 11.9. The average molecular weight is 247 g/mol. The maximum absolute atomic E-state index is 9.73. The van der Waals surface area contributed by atoms with Gasteiger partial charge in [-0.25, -0.2) is 0 Å². The van der Waals surface area contributed by atoms with Crippen LogP contribution in [0.3, 0.4) is 0 Å². The summed E-state index contributed by atoms with van der Waals surface area (Å²) in [7, 11) is 0. The van der Waals surface area contributed by atoms with Crippen LogP contribution in [0.5, 0.6) is 0 Å². The van der Waals surface area contributed by atoms with Gasteiger partial charge in [-0.05, 0) is 25.7 Å². The zero-order valence-corrected chi connectivity index (χ0v) is 11.9. The number of hydrogen-bond acceptors (Lipinski definition) is 4. The van der Waals surface area contributed by atoms with E-state index in [9.17, 15) is 5.11 Å². The fraction of sp³-hybridized carbons (Fsp3) is 1.00. The lowest BCUT2D eigenvalue weighted by Crippen LogP contribution is -2.45. The van der Waals surface area contributed by atoms with E-state index in [1.165, 1.54) is 0 Å². The molecule has 2 unspecified atom stereocenters. The maximum Gasteiger partial charge on any atom is 0.0897 e. The molecule has 0 heterocycles. The minimum absolute atomic E-state index is 0.0708. The predicted octanol–water partition coefficient (Wildman–Crippen LogP) is 1.16. The van der Waals surface area contributed by atoms with Crippen LogP contribution >= 0.6 is 0 Å². The molecule has 0 fully saturated rings. The summed E-state index contributed by atoms with van der Waals surface area (Å²) in [6.45, 7) is 11.3. The number of ether oxygens (including phenoxy) is 1. The summed E-state index contributed by atoms with van der Waals surface area (Å²) < 4.78 is 5.34. The summed E-state index contributed by atoms with van der Waals surface area (Å²) in [6.07, 6.45) is 0.336. The maximum atomic E-state index is 9.73. The van der Waals surface area contributed by atoms with Crippen molar-refractivity contribution >= 4 is 0 Å². The Morgan fingerprint density at radius 2 is 1.82 bits per heavy atom. The highest BCUT2D eigenvalue weighted by Crippen LogP contribution is 2.21. The van der Waals surface area contributed by atoms with Gasteiger partial charge in [0.2, 0.25) is 0 Å². The van der Waals surface area contributed by atoms with E-state index in [1.54, 1.807) is 0 Å². The van der Waals surface area contributed by atoms with Crippen molar-refractivity contribution in [2.45, 2.75) is 59.3 Å². The Bertz CT molecular complexity index is 190. The first-order valence-electron chi connectivity index (χ1n) is 6.41. The third kappa shape index (κ3) is 8.55. The van der Waals surface area contributed by atoms with Gasteiger partial charge in [-0.3, -0.25) is 0 Å². The van der Waals surface area contributed by atoms with Crippen LogP contribution in [0.2, 0.25) is 0 Å². The van der Waals surface area contributed by atoms with E-state index in [4.69, 9.17) is 9.84 Å². The van der Waals surface area contributed by atoms with Crippen LogP contribution < -0.4 is 5.32 Å². The molecule has 0 bridgehead atoms. The molecular weight excluding hydrogens is 218 g/mol. The van der Waals surface area contributed by atoms with E-state index in [2.05, 4.69) is 26.1 Å². The average Bonchev–Trinajstić information content (AvgIpc) is 2.19. The number of nitrogens with one attached hydrogen (secondary N) is 1. The van der Waals surface area contributed by atoms with Crippen molar-refractivity contribution in [3.05, 3.63) is 0 Å². The Morgan fingerprint density at radius 1 is 1.24 bits per heavy atom. The molecule has 0 saturated heterocycles. The summed E-state index contributed by atoms with van der Waals surface area (Å²) in [5.74, 6) is 0. The molecule has 0 aliphatic carbocycles. The topological polar surface area (TPSA) is 61.7 Å². The summed E-state index contributed by atoms with van der Waals surface area (Å²) >= 11 is 0. The highest BCUT2D eigenvalue weighted by Gasteiger charge is 2.24. The van der Waals surface area contributed by atoms with Crippen LogP contribution in [0.1, 0.15) is 41.0 Å². The molecule has 0 aromatic heterocycles. The van der Waals surface area contributed by atoms with Crippen LogP contribution in [0.15, 0.2) is 0 Å². The lowest BCUT2D eigenvalue weighted by atomic mass is 9.85. The molecule has 0 aromatic rings. The second kappa shape index (κ2) is 8.03. The SMILES string of the molecule is CC(C)OCC(O)CNC(CCO)C(C)(C)C. The van der Waals surface area contributed by atoms with Crippen molar-refractivity contribution in [1.29, 1.82) is 0 Å². The van der Waals surface area contributed by atoms with E-state index in [0.717, 1.165) is 0 Å². The summed E-state index contributed by atoms with van der Waals surface area (Å²) in [5, 5.41) is 22.0.